The van der Waals surface area contributed by atoms with Gasteiger partial charge in [-0.05, 0) is 38.3 Å². The fraction of sp³-hybridized carbons (Fsp3) is 0.800. The average molecular weight is 653 g/mol. The summed E-state index contributed by atoms with van der Waals surface area (Å²) in [5.41, 5.74) is 0.977. The van der Waals surface area contributed by atoms with E-state index in [1.54, 1.807) is 12.1 Å². The Hall–Kier alpha value is -1.27. The Kier molecular flexibility index (Phi) is 23.8. The number of benzene rings is 1. The van der Waals surface area contributed by atoms with Crippen molar-refractivity contribution >= 4 is 10.1 Å². The summed E-state index contributed by atoms with van der Waals surface area (Å²) in [7, 11) is -3.77. The van der Waals surface area contributed by atoms with Crippen LogP contribution in [0.15, 0.2) is 29.2 Å². The van der Waals surface area contributed by atoms with Crippen molar-refractivity contribution in [2.24, 2.45) is 0 Å². The minimum Gasteiger partial charge on any atom is -0.377 e. The monoisotopic (exact) mass is 652 g/mol. The maximum absolute atomic E-state index is 12.1. The van der Waals surface area contributed by atoms with E-state index in [0.717, 1.165) is 31.4 Å². The van der Waals surface area contributed by atoms with Gasteiger partial charge in [-0.2, -0.15) is 8.42 Å². The molecule has 1 aromatic rings. The van der Waals surface area contributed by atoms with Crippen molar-refractivity contribution in [1.82, 2.24) is 0 Å². The maximum atomic E-state index is 12.1. The zero-order valence-corrected chi connectivity index (χ0v) is 27.0. The summed E-state index contributed by atoms with van der Waals surface area (Å²) < 4.78 is 83.7. The molecule has 0 N–H and O–H groups in total. The first-order valence-corrected chi connectivity index (χ1v) is 16.8. The second-order valence-corrected chi connectivity index (χ2v) is 11.3. The molecule has 2 rings (SSSR count). The van der Waals surface area contributed by atoms with Crippen LogP contribution < -0.4 is 0 Å². The molecule has 13 nitrogen and oxygen atoms in total. The Morgan fingerprint density at radius 1 is 0.568 bits per heavy atom. The first kappa shape index (κ1) is 38.9. The number of hydrogen-bond acceptors (Lipinski definition) is 13. The van der Waals surface area contributed by atoms with Crippen molar-refractivity contribution in [1.29, 1.82) is 0 Å². The third-order valence-corrected chi connectivity index (χ3v) is 7.38. The molecule has 1 saturated heterocycles. The molecule has 0 aromatic heterocycles. The van der Waals surface area contributed by atoms with Gasteiger partial charge >= 0.3 is 0 Å². The number of ether oxygens (including phenoxy) is 10. The van der Waals surface area contributed by atoms with Crippen molar-refractivity contribution in [2.45, 2.75) is 37.4 Å². The molecule has 1 unspecified atom stereocenters. The van der Waals surface area contributed by atoms with E-state index in [1.165, 1.54) is 12.1 Å². The Morgan fingerprint density at radius 3 is 1.34 bits per heavy atom. The van der Waals surface area contributed by atoms with E-state index in [-0.39, 0.29) is 24.4 Å². The van der Waals surface area contributed by atoms with E-state index in [1.807, 2.05) is 6.92 Å². The lowest BCUT2D eigenvalue weighted by Crippen LogP contribution is -2.24. The maximum Gasteiger partial charge on any atom is 0.297 e. The molecule has 256 valence electrons. The fourth-order valence-corrected chi connectivity index (χ4v) is 4.59. The van der Waals surface area contributed by atoms with Gasteiger partial charge in [-0.15, -0.1) is 0 Å². The van der Waals surface area contributed by atoms with Crippen LogP contribution in [0.3, 0.4) is 0 Å². The van der Waals surface area contributed by atoms with E-state index < -0.39 is 10.1 Å². The summed E-state index contributed by atoms with van der Waals surface area (Å²) >= 11 is 0. The molecule has 1 aliphatic rings. The Bertz CT molecular complexity index is 879. The van der Waals surface area contributed by atoms with Gasteiger partial charge in [0.2, 0.25) is 0 Å². The first-order chi connectivity index (χ1) is 21.6. The van der Waals surface area contributed by atoms with Gasteiger partial charge in [0.25, 0.3) is 10.1 Å². The van der Waals surface area contributed by atoms with Gasteiger partial charge in [-0.25, -0.2) is 0 Å². The highest BCUT2D eigenvalue weighted by Crippen LogP contribution is 2.14. The van der Waals surface area contributed by atoms with E-state index in [4.69, 9.17) is 51.6 Å². The van der Waals surface area contributed by atoms with Crippen molar-refractivity contribution in [2.75, 3.05) is 126 Å². The van der Waals surface area contributed by atoms with Crippen LogP contribution in [0.4, 0.5) is 0 Å². The standard InChI is InChI=1S/C30H52O13S/c1-28-5-7-29(8-6-28)44(31,32)43-27-25-40-23-21-38-19-17-36-15-13-34-11-10-33-12-14-35-16-18-37-20-22-39-24-26-42-30-4-2-3-9-41-30/h5-8,30H,2-4,9-27H2,1H3. The smallest absolute Gasteiger partial charge is 0.297 e. The molecular weight excluding hydrogens is 600 g/mol. The van der Waals surface area contributed by atoms with Crippen LogP contribution in [0, 0.1) is 6.92 Å². The van der Waals surface area contributed by atoms with Crippen LogP contribution in [0.25, 0.3) is 0 Å². The van der Waals surface area contributed by atoms with Crippen LogP contribution in [0.1, 0.15) is 24.8 Å². The molecule has 1 aliphatic heterocycles. The summed E-state index contributed by atoms with van der Waals surface area (Å²) in [5.74, 6) is 0. The summed E-state index contributed by atoms with van der Waals surface area (Å²) in [4.78, 5) is 0.130. The van der Waals surface area contributed by atoms with E-state index >= 15 is 0 Å². The van der Waals surface area contributed by atoms with Crippen molar-refractivity contribution in [3.63, 3.8) is 0 Å². The van der Waals surface area contributed by atoms with Crippen molar-refractivity contribution < 1.29 is 60.0 Å². The van der Waals surface area contributed by atoms with Crippen LogP contribution in [0.2, 0.25) is 0 Å². The number of rotatable bonds is 30. The van der Waals surface area contributed by atoms with Crippen LogP contribution in [0.5, 0.6) is 0 Å². The minimum absolute atomic E-state index is 0.0564. The molecule has 0 aliphatic carbocycles. The van der Waals surface area contributed by atoms with Gasteiger partial charge in [-0.3, -0.25) is 4.18 Å². The highest BCUT2D eigenvalue weighted by Gasteiger charge is 2.15. The van der Waals surface area contributed by atoms with Gasteiger partial charge in [0.05, 0.1) is 124 Å². The molecule has 1 heterocycles. The third kappa shape index (κ3) is 21.5. The summed E-state index contributed by atoms with van der Waals surface area (Å²) in [6.07, 6.45) is 3.16. The quantitative estimate of drug-likeness (QED) is 0.0890. The molecule has 1 fully saturated rings. The van der Waals surface area contributed by atoms with E-state index in [0.29, 0.717) is 106 Å². The Labute approximate surface area is 262 Å². The van der Waals surface area contributed by atoms with E-state index in [9.17, 15) is 8.42 Å². The second-order valence-electron chi connectivity index (χ2n) is 9.66. The lowest BCUT2D eigenvalue weighted by atomic mass is 10.2. The van der Waals surface area contributed by atoms with Crippen molar-refractivity contribution in [3.8, 4) is 0 Å². The average Bonchev–Trinajstić information content (AvgIpc) is 3.03. The molecule has 0 radical (unpaired) electrons. The molecule has 0 saturated carbocycles. The lowest BCUT2D eigenvalue weighted by Gasteiger charge is -2.22. The van der Waals surface area contributed by atoms with Crippen molar-refractivity contribution in [3.05, 3.63) is 29.8 Å². The van der Waals surface area contributed by atoms with Gasteiger partial charge < -0.3 is 47.4 Å². The van der Waals surface area contributed by atoms with Crippen LogP contribution in [-0.4, -0.2) is 140 Å². The zero-order chi connectivity index (χ0) is 31.4. The third-order valence-electron chi connectivity index (χ3n) is 6.05. The molecule has 0 amide bonds. The van der Waals surface area contributed by atoms with Gasteiger partial charge in [-0.1, -0.05) is 17.7 Å². The topological polar surface area (TPSA) is 136 Å². The molecular formula is C30H52O13S. The summed E-state index contributed by atoms with van der Waals surface area (Å²) in [6, 6.07) is 6.49. The summed E-state index contributed by atoms with van der Waals surface area (Å²) in [5, 5.41) is 0. The predicted octanol–water partition coefficient (Wildman–Crippen LogP) is 2.38. The van der Waals surface area contributed by atoms with Gasteiger partial charge in [0.15, 0.2) is 6.29 Å². The lowest BCUT2D eigenvalue weighted by molar-refractivity contribution is -0.169. The second kappa shape index (κ2) is 26.9. The van der Waals surface area contributed by atoms with Crippen LogP contribution in [-0.2, 0) is 61.7 Å². The largest absolute Gasteiger partial charge is 0.377 e. The fourth-order valence-electron chi connectivity index (χ4n) is 3.70. The SMILES string of the molecule is Cc1ccc(S(=O)(=O)OCCOCCOCCOCCOCCOCCOCCOCCOCCOC2CCCCO2)cc1. The van der Waals surface area contributed by atoms with Gasteiger partial charge in [0, 0.05) is 6.61 Å². The Morgan fingerprint density at radius 2 is 0.955 bits per heavy atom. The van der Waals surface area contributed by atoms with E-state index in [2.05, 4.69) is 0 Å². The molecule has 0 bridgehead atoms. The molecule has 44 heavy (non-hydrogen) atoms. The highest BCUT2D eigenvalue weighted by molar-refractivity contribution is 7.86. The first-order valence-electron chi connectivity index (χ1n) is 15.4. The normalized spacial score (nSPS) is 15.6. The minimum atomic E-state index is -3.77. The highest BCUT2D eigenvalue weighted by atomic mass is 32.2. The Balaban J connectivity index is 1.19. The number of hydrogen-bond donors (Lipinski definition) is 0. The van der Waals surface area contributed by atoms with Crippen LogP contribution >= 0.6 is 0 Å². The molecule has 0 spiro atoms. The summed E-state index contributed by atoms with van der Waals surface area (Å²) in [6.45, 7) is 10.4. The predicted molar refractivity (Wildman–Crippen MR) is 160 cm³/mol. The molecule has 1 atom stereocenters. The number of aryl methyl sites for hydroxylation is 1. The molecule has 14 heteroatoms. The molecule has 1 aromatic carbocycles. The van der Waals surface area contributed by atoms with Gasteiger partial charge in [0.1, 0.15) is 0 Å². The zero-order valence-electron chi connectivity index (χ0n) is 26.2.